The van der Waals surface area contributed by atoms with Gasteiger partial charge in [0.25, 0.3) is 5.91 Å². The van der Waals surface area contributed by atoms with Gasteiger partial charge in [0.1, 0.15) is 17.3 Å². The fraction of sp³-hybridized carbons (Fsp3) is 0.222. The van der Waals surface area contributed by atoms with Crippen molar-refractivity contribution in [3.8, 4) is 22.9 Å². The summed E-state index contributed by atoms with van der Waals surface area (Å²) in [5, 5.41) is 14.1. The molecule has 0 saturated carbocycles. The van der Waals surface area contributed by atoms with Crippen LogP contribution in [-0.4, -0.2) is 46.5 Å². The lowest BCUT2D eigenvalue weighted by Gasteiger charge is -2.21. The van der Waals surface area contributed by atoms with Crippen LogP contribution < -0.4 is 15.0 Å². The van der Waals surface area contributed by atoms with Gasteiger partial charge in [-0.15, -0.1) is 13.2 Å². The van der Waals surface area contributed by atoms with E-state index in [-0.39, 0.29) is 20.2 Å². The minimum Gasteiger partial charge on any atom is -0.507 e. The standard InChI is InChI=1S/C27H23F3N4O3.2H2/c1-16-9-10-20-22(13-16)32-24(21-7-2-3-8-23(21)35)33-25(20)34-12-11-18(15-34)31-26(36)17-5-4-6-19(14-17)37-27(28,29)30;;/h2-10,13-14,18,35H,11-12,15H2,1H3,(H,31,36);2*1H/t18-;;/m1../s1. The SMILES string of the molecule is Cc1ccc2c(N3CC[C@@H](NC(=O)c4cccc(OC(F)(F)F)c4)C3)nc(-c3ccccc3O)nc2c1.[HH].[HH]. The maximum Gasteiger partial charge on any atom is 0.573 e. The van der Waals surface area contributed by atoms with Gasteiger partial charge in [-0.1, -0.05) is 24.3 Å². The number of nitrogens with one attached hydrogen (secondary N) is 1. The number of phenols is 1. The number of benzene rings is 3. The maximum absolute atomic E-state index is 12.8. The van der Waals surface area contributed by atoms with E-state index in [1.165, 1.54) is 12.1 Å². The van der Waals surface area contributed by atoms with Gasteiger partial charge in [-0.3, -0.25) is 4.79 Å². The first kappa shape index (κ1) is 24.4. The van der Waals surface area contributed by atoms with E-state index in [0.29, 0.717) is 36.7 Å². The van der Waals surface area contributed by atoms with Gasteiger partial charge < -0.3 is 20.1 Å². The Labute approximate surface area is 213 Å². The number of fused-ring (bicyclic) bond motifs is 1. The van der Waals surface area contributed by atoms with Crippen LogP contribution in [0.4, 0.5) is 19.0 Å². The zero-order valence-electron chi connectivity index (χ0n) is 19.8. The second-order valence-electron chi connectivity index (χ2n) is 8.89. The summed E-state index contributed by atoms with van der Waals surface area (Å²) in [7, 11) is 0. The van der Waals surface area contributed by atoms with Crippen molar-refractivity contribution in [2.45, 2.75) is 25.7 Å². The number of hydrogen-bond donors (Lipinski definition) is 2. The van der Waals surface area contributed by atoms with Crippen LogP contribution in [-0.2, 0) is 0 Å². The van der Waals surface area contributed by atoms with E-state index in [0.717, 1.165) is 28.6 Å². The number of amides is 1. The van der Waals surface area contributed by atoms with Crippen molar-refractivity contribution < 1.29 is 30.7 Å². The van der Waals surface area contributed by atoms with E-state index in [2.05, 4.69) is 15.0 Å². The van der Waals surface area contributed by atoms with Crippen molar-refractivity contribution in [3.63, 3.8) is 0 Å². The summed E-state index contributed by atoms with van der Waals surface area (Å²) in [6.45, 7) is 3.02. The number of alkyl halides is 3. The predicted octanol–water partition coefficient (Wildman–Crippen LogP) is 5.71. The van der Waals surface area contributed by atoms with E-state index in [9.17, 15) is 23.1 Å². The number of halogens is 3. The number of nitrogens with zero attached hydrogens (tertiary/aromatic N) is 3. The summed E-state index contributed by atoms with van der Waals surface area (Å²) < 4.78 is 41.6. The van der Waals surface area contributed by atoms with Crippen LogP contribution >= 0.6 is 0 Å². The Morgan fingerprint density at radius 3 is 2.70 bits per heavy atom. The molecule has 7 nitrogen and oxygen atoms in total. The Kier molecular flexibility index (Phi) is 6.32. The number of phenolic OH excluding ortho intramolecular Hbond substituents is 1. The summed E-state index contributed by atoms with van der Waals surface area (Å²) >= 11 is 0. The molecule has 5 rings (SSSR count). The van der Waals surface area contributed by atoms with Crippen molar-refractivity contribution in [2.24, 2.45) is 0 Å². The highest BCUT2D eigenvalue weighted by molar-refractivity contribution is 5.95. The molecule has 1 fully saturated rings. The van der Waals surface area contributed by atoms with E-state index in [1.807, 2.05) is 30.0 Å². The van der Waals surface area contributed by atoms with Gasteiger partial charge in [-0.25, -0.2) is 9.97 Å². The van der Waals surface area contributed by atoms with E-state index in [4.69, 9.17) is 4.98 Å². The molecule has 10 heteroatoms. The number of ether oxygens (including phenoxy) is 1. The summed E-state index contributed by atoms with van der Waals surface area (Å²) in [6.07, 6.45) is -4.22. The average Bonchev–Trinajstić information content (AvgIpc) is 3.31. The molecule has 0 bridgehead atoms. The lowest BCUT2D eigenvalue weighted by atomic mass is 10.1. The second-order valence-corrected chi connectivity index (χ2v) is 8.89. The molecule has 1 atom stereocenters. The molecule has 1 amide bonds. The van der Waals surface area contributed by atoms with Crippen LogP contribution in [0.5, 0.6) is 11.5 Å². The lowest BCUT2D eigenvalue weighted by molar-refractivity contribution is -0.274. The Morgan fingerprint density at radius 2 is 1.92 bits per heavy atom. The van der Waals surface area contributed by atoms with E-state index in [1.54, 1.807) is 24.3 Å². The van der Waals surface area contributed by atoms with Gasteiger partial charge in [0.05, 0.1) is 11.1 Å². The smallest absolute Gasteiger partial charge is 0.507 e. The second kappa shape index (κ2) is 9.61. The molecule has 1 aromatic heterocycles. The number of aromatic nitrogens is 2. The van der Waals surface area contributed by atoms with Gasteiger partial charge >= 0.3 is 6.36 Å². The molecular formula is C27H27F3N4O3. The van der Waals surface area contributed by atoms with Gasteiger partial charge in [0, 0.05) is 32.9 Å². The number of carbonyl (C=O) groups excluding carboxylic acids is 1. The molecule has 0 radical (unpaired) electrons. The molecule has 2 N–H and O–H groups in total. The molecule has 1 aliphatic rings. The highest BCUT2D eigenvalue weighted by Crippen LogP contribution is 2.33. The number of aryl methyl sites for hydroxylation is 1. The minimum atomic E-state index is -4.84. The molecule has 0 aliphatic carbocycles. The average molecular weight is 513 g/mol. The number of rotatable bonds is 5. The van der Waals surface area contributed by atoms with Crippen LogP contribution in [0.15, 0.2) is 66.7 Å². The van der Waals surface area contributed by atoms with Crippen molar-refractivity contribution in [1.29, 1.82) is 0 Å². The molecule has 3 aromatic carbocycles. The molecular weight excluding hydrogens is 485 g/mol. The van der Waals surface area contributed by atoms with Crippen LogP contribution in [0, 0.1) is 6.92 Å². The van der Waals surface area contributed by atoms with Gasteiger partial charge in [-0.2, -0.15) is 0 Å². The summed E-state index contributed by atoms with van der Waals surface area (Å²) in [5.74, 6) is 0.203. The molecule has 1 aliphatic heterocycles. The molecule has 4 aromatic rings. The third-order valence-electron chi connectivity index (χ3n) is 6.13. The Bertz CT molecular complexity index is 1490. The summed E-state index contributed by atoms with van der Waals surface area (Å²) in [5.41, 5.74) is 2.35. The lowest BCUT2D eigenvalue weighted by Crippen LogP contribution is -2.37. The summed E-state index contributed by atoms with van der Waals surface area (Å²) in [6, 6.07) is 17.5. The monoisotopic (exact) mass is 512 g/mol. The number of carbonyl (C=O) groups is 1. The number of hydrogen-bond acceptors (Lipinski definition) is 6. The molecule has 0 spiro atoms. The fourth-order valence-electron chi connectivity index (χ4n) is 4.42. The Hall–Kier alpha value is -4.34. The third kappa shape index (κ3) is 5.42. The normalized spacial score (nSPS) is 15.7. The summed E-state index contributed by atoms with van der Waals surface area (Å²) in [4.78, 5) is 24.3. The number of para-hydroxylation sites is 1. The Balaban J connectivity index is 0.00000210. The van der Waals surface area contributed by atoms with Crippen molar-refractivity contribution >= 4 is 22.6 Å². The minimum absolute atomic E-state index is 0. The van der Waals surface area contributed by atoms with Crippen molar-refractivity contribution in [3.05, 3.63) is 77.9 Å². The van der Waals surface area contributed by atoms with Crippen LogP contribution in [0.2, 0.25) is 0 Å². The van der Waals surface area contributed by atoms with Crippen molar-refractivity contribution in [2.75, 3.05) is 18.0 Å². The first-order valence-electron chi connectivity index (χ1n) is 11.6. The first-order chi connectivity index (χ1) is 17.7. The van der Waals surface area contributed by atoms with E-state index >= 15 is 0 Å². The Morgan fingerprint density at radius 1 is 1.11 bits per heavy atom. The fourth-order valence-corrected chi connectivity index (χ4v) is 4.42. The topological polar surface area (TPSA) is 87.6 Å². The third-order valence-corrected chi connectivity index (χ3v) is 6.13. The molecule has 2 heterocycles. The first-order valence-corrected chi connectivity index (χ1v) is 11.6. The van der Waals surface area contributed by atoms with E-state index < -0.39 is 18.0 Å². The molecule has 194 valence electrons. The molecule has 0 unspecified atom stereocenters. The molecule has 1 saturated heterocycles. The highest BCUT2D eigenvalue weighted by atomic mass is 19.4. The zero-order valence-corrected chi connectivity index (χ0v) is 19.8. The quantitative estimate of drug-likeness (QED) is 0.356. The molecule has 37 heavy (non-hydrogen) atoms. The predicted molar refractivity (Wildman–Crippen MR) is 137 cm³/mol. The van der Waals surface area contributed by atoms with Gasteiger partial charge in [0.2, 0.25) is 0 Å². The maximum atomic E-state index is 12.8. The van der Waals surface area contributed by atoms with Crippen molar-refractivity contribution in [1.82, 2.24) is 15.3 Å². The van der Waals surface area contributed by atoms with Gasteiger partial charge in [-0.05, 0) is 61.4 Å². The highest BCUT2D eigenvalue weighted by Gasteiger charge is 2.32. The van der Waals surface area contributed by atoms with Crippen LogP contribution in [0.3, 0.4) is 0 Å². The van der Waals surface area contributed by atoms with Crippen LogP contribution in [0.25, 0.3) is 22.3 Å². The largest absolute Gasteiger partial charge is 0.573 e. The number of anilines is 1. The van der Waals surface area contributed by atoms with Gasteiger partial charge in [0.15, 0.2) is 5.82 Å². The number of aromatic hydroxyl groups is 1. The van der Waals surface area contributed by atoms with Crippen LogP contribution in [0.1, 0.15) is 25.2 Å². The zero-order chi connectivity index (χ0) is 26.2.